The van der Waals surface area contributed by atoms with Gasteiger partial charge in [0.25, 0.3) is 0 Å². The van der Waals surface area contributed by atoms with Crippen molar-refractivity contribution in [1.29, 1.82) is 0 Å². The molecule has 0 rings (SSSR count). The van der Waals surface area contributed by atoms with Gasteiger partial charge in [-0.3, -0.25) is 4.84 Å². The zero-order valence-corrected chi connectivity index (χ0v) is 11.2. The first-order chi connectivity index (χ1) is 7.11. The average Bonchev–Trinajstić information content (AvgIpc) is 2.11. The van der Waals surface area contributed by atoms with Crippen LogP contribution >= 0.6 is 0 Å². The third-order valence-corrected chi connectivity index (χ3v) is 1.94. The second kappa shape index (κ2) is 5.50. The van der Waals surface area contributed by atoms with Crippen molar-refractivity contribution < 1.29 is 14.4 Å². The number of nitrogens with zero attached hydrogens (tertiary/aromatic N) is 1. The quantitative estimate of drug-likeness (QED) is 0.750. The number of carbonyl (C=O) groups excluding carboxylic acids is 1. The van der Waals surface area contributed by atoms with Crippen LogP contribution in [-0.4, -0.2) is 37.0 Å². The highest BCUT2D eigenvalue weighted by Crippen LogP contribution is 2.17. The topological polar surface area (TPSA) is 64.8 Å². The standard InChI is InChI=1S/C11H24N2O3/c1-10(2,3)16-9(14)13(15-6)8-11(4,5)7-12/h7-8,12H2,1-6H3. The summed E-state index contributed by atoms with van der Waals surface area (Å²) in [5, 5.41) is 1.19. The van der Waals surface area contributed by atoms with Gasteiger partial charge in [-0.25, -0.2) is 4.79 Å². The first-order valence-electron chi connectivity index (χ1n) is 5.36. The highest BCUT2D eigenvalue weighted by Gasteiger charge is 2.27. The number of amides is 1. The van der Waals surface area contributed by atoms with Crippen molar-refractivity contribution in [1.82, 2.24) is 5.06 Å². The Morgan fingerprint density at radius 3 is 2.06 bits per heavy atom. The molecule has 5 heteroatoms. The summed E-state index contributed by atoms with van der Waals surface area (Å²) in [6.07, 6.45) is -0.489. The molecule has 0 aliphatic heterocycles. The molecule has 5 nitrogen and oxygen atoms in total. The van der Waals surface area contributed by atoms with Gasteiger partial charge in [0.1, 0.15) is 5.60 Å². The van der Waals surface area contributed by atoms with Gasteiger partial charge in [0.05, 0.1) is 13.7 Å². The number of hydrogen-bond donors (Lipinski definition) is 1. The lowest BCUT2D eigenvalue weighted by atomic mass is 9.94. The summed E-state index contributed by atoms with van der Waals surface area (Å²) < 4.78 is 5.20. The van der Waals surface area contributed by atoms with E-state index in [1.54, 1.807) is 0 Å². The van der Waals surface area contributed by atoms with Gasteiger partial charge >= 0.3 is 6.09 Å². The summed E-state index contributed by atoms with van der Waals surface area (Å²) in [6, 6.07) is 0. The van der Waals surface area contributed by atoms with Crippen LogP contribution in [0.1, 0.15) is 34.6 Å². The Morgan fingerprint density at radius 1 is 1.25 bits per heavy atom. The van der Waals surface area contributed by atoms with Crippen LogP contribution in [0.15, 0.2) is 0 Å². The fourth-order valence-corrected chi connectivity index (χ4v) is 0.970. The number of nitrogens with two attached hydrogens (primary N) is 1. The average molecular weight is 232 g/mol. The predicted molar refractivity (Wildman–Crippen MR) is 62.8 cm³/mol. The van der Waals surface area contributed by atoms with Gasteiger partial charge in [-0.15, -0.1) is 0 Å². The van der Waals surface area contributed by atoms with Crippen LogP contribution in [0.2, 0.25) is 0 Å². The molecule has 0 aromatic carbocycles. The van der Waals surface area contributed by atoms with Gasteiger partial charge in [-0.05, 0) is 32.7 Å². The van der Waals surface area contributed by atoms with Crippen LogP contribution in [0.5, 0.6) is 0 Å². The van der Waals surface area contributed by atoms with E-state index in [2.05, 4.69) is 0 Å². The summed E-state index contributed by atoms with van der Waals surface area (Å²) in [6.45, 7) is 10.2. The molecule has 1 amide bonds. The number of rotatable bonds is 4. The van der Waals surface area contributed by atoms with Gasteiger partial charge in [-0.1, -0.05) is 13.8 Å². The lowest BCUT2D eigenvalue weighted by molar-refractivity contribution is -0.137. The molecule has 0 heterocycles. The van der Waals surface area contributed by atoms with E-state index in [1.807, 2.05) is 34.6 Å². The third kappa shape index (κ3) is 5.92. The first kappa shape index (κ1) is 15.2. The van der Waals surface area contributed by atoms with E-state index < -0.39 is 11.7 Å². The second-order valence-electron chi connectivity index (χ2n) is 5.57. The normalized spacial score (nSPS) is 12.4. The van der Waals surface area contributed by atoms with Crippen molar-refractivity contribution in [3.05, 3.63) is 0 Å². The van der Waals surface area contributed by atoms with Crippen LogP contribution in [0, 0.1) is 5.41 Å². The van der Waals surface area contributed by atoms with E-state index >= 15 is 0 Å². The largest absolute Gasteiger partial charge is 0.442 e. The van der Waals surface area contributed by atoms with Crippen LogP contribution in [0.4, 0.5) is 4.79 Å². The highest BCUT2D eigenvalue weighted by molar-refractivity contribution is 5.66. The van der Waals surface area contributed by atoms with E-state index in [0.29, 0.717) is 13.1 Å². The molecule has 0 radical (unpaired) electrons. The maximum absolute atomic E-state index is 11.7. The zero-order chi connectivity index (χ0) is 13.0. The van der Waals surface area contributed by atoms with E-state index in [-0.39, 0.29) is 5.41 Å². The summed E-state index contributed by atoms with van der Waals surface area (Å²) in [7, 11) is 1.44. The molecule has 0 bridgehead atoms. The lowest BCUT2D eigenvalue weighted by Crippen LogP contribution is -2.43. The van der Waals surface area contributed by atoms with Crippen molar-refractivity contribution in [2.75, 3.05) is 20.2 Å². The summed E-state index contributed by atoms with van der Waals surface area (Å²) in [5.74, 6) is 0. The Balaban J connectivity index is 4.45. The molecule has 0 aromatic heterocycles. The molecule has 0 aliphatic carbocycles. The second-order valence-corrected chi connectivity index (χ2v) is 5.57. The van der Waals surface area contributed by atoms with Crippen molar-refractivity contribution in [2.24, 2.45) is 11.1 Å². The van der Waals surface area contributed by atoms with Crippen molar-refractivity contribution in [2.45, 2.75) is 40.2 Å². The van der Waals surface area contributed by atoms with Gasteiger partial charge in [0.15, 0.2) is 0 Å². The van der Waals surface area contributed by atoms with E-state index in [0.717, 1.165) is 0 Å². The van der Waals surface area contributed by atoms with Crippen molar-refractivity contribution in [3.8, 4) is 0 Å². The fourth-order valence-electron chi connectivity index (χ4n) is 0.970. The third-order valence-electron chi connectivity index (χ3n) is 1.94. The van der Waals surface area contributed by atoms with Gasteiger partial charge in [-0.2, -0.15) is 5.06 Å². The van der Waals surface area contributed by atoms with E-state index in [9.17, 15) is 4.79 Å². The molecule has 0 saturated carbocycles. The van der Waals surface area contributed by atoms with Crippen LogP contribution < -0.4 is 5.73 Å². The summed E-state index contributed by atoms with van der Waals surface area (Å²) in [4.78, 5) is 16.7. The zero-order valence-electron chi connectivity index (χ0n) is 11.2. The first-order valence-corrected chi connectivity index (χ1v) is 5.36. The summed E-state index contributed by atoms with van der Waals surface area (Å²) in [5.41, 5.74) is 4.87. The fraction of sp³-hybridized carbons (Fsp3) is 0.909. The molecule has 0 atom stereocenters. The molecular weight excluding hydrogens is 208 g/mol. The Kier molecular flexibility index (Phi) is 5.22. The molecule has 0 spiro atoms. The molecule has 96 valence electrons. The molecule has 0 saturated heterocycles. The molecule has 2 N–H and O–H groups in total. The van der Waals surface area contributed by atoms with Crippen LogP contribution in [0.25, 0.3) is 0 Å². The molecule has 0 fully saturated rings. The molecule has 0 aromatic rings. The van der Waals surface area contributed by atoms with E-state index in [1.165, 1.54) is 12.2 Å². The highest BCUT2D eigenvalue weighted by atomic mass is 16.7. The maximum atomic E-state index is 11.7. The molecule has 16 heavy (non-hydrogen) atoms. The smallest absolute Gasteiger partial charge is 0.434 e. The monoisotopic (exact) mass is 232 g/mol. The SMILES string of the molecule is CON(CC(C)(C)CN)C(=O)OC(C)(C)C. The lowest BCUT2D eigenvalue weighted by Gasteiger charge is -2.31. The van der Waals surface area contributed by atoms with Gasteiger partial charge < -0.3 is 10.5 Å². The van der Waals surface area contributed by atoms with Crippen molar-refractivity contribution >= 4 is 6.09 Å². The Bertz CT molecular complexity index is 234. The van der Waals surface area contributed by atoms with Crippen molar-refractivity contribution in [3.63, 3.8) is 0 Å². The Morgan fingerprint density at radius 2 is 1.75 bits per heavy atom. The molecular formula is C11H24N2O3. The van der Waals surface area contributed by atoms with Crippen LogP contribution in [-0.2, 0) is 9.57 Å². The summed E-state index contributed by atoms with van der Waals surface area (Å²) >= 11 is 0. The number of ether oxygens (including phenoxy) is 1. The number of hydroxylamine groups is 2. The van der Waals surface area contributed by atoms with Gasteiger partial charge in [0, 0.05) is 0 Å². The minimum atomic E-state index is -0.527. The maximum Gasteiger partial charge on any atom is 0.434 e. The molecule has 0 aliphatic rings. The predicted octanol–water partition coefficient (Wildman–Crippen LogP) is 1.77. The number of carbonyl (C=O) groups is 1. The van der Waals surface area contributed by atoms with E-state index in [4.69, 9.17) is 15.3 Å². The Hall–Kier alpha value is -0.810. The van der Waals surface area contributed by atoms with Crippen LogP contribution in [0.3, 0.4) is 0 Å². The van der Waals surface area contributed by atoms with Gasteiger partial charge in [0.2, 0.25) is 0 Å². The number of hydrogen-bond acceptors (Lipinski definition) is 4. The minimum Gasteiger partial charge on any atom is -0.442 e. The minimum absolute atomic E-state index is 0.201. The Labute approximate surface area is 97.8 Å². The molecule has 0 unspecified atom stereocenters.